The van der Waals surface area contributed by atoms with E-state index in [-0.39, 0.29) is 5.91 Å². The number of hydrogen-bond acceptors (Lipinski definition) is 3. The summed E-state index contributed by atoms with van der Waals surface area (Å²) in [5.74, 6) is 1.23. The highest BCUT2D eigenvalue weighted by Crippen LogP contribution is 2.35. The summed E-state index contributed by atoms with van der Waals surface area (Å²) in [4.78, 5) is 12.9. The molecular formula is C10H12N2OS. The Hall–Kier alpha value is -0.870. The van der Waals surface area contributed by atoms with Crippen molar-refractivity contribution in [3.63, 3.8) is 0 Å². The third-order valence-corrected chi connectivity index (χ3v) is 4.19. The first-order valence-corrected chi connectivity index (χ1v) is 5.80. The maximum Gasteiger partial charge on any atom is 0.252 e. The molecule has 2 aliphatic heterocycles. The van der Waals surface area contributed by atoms with E-state index in [4.69, 9.17) is 0 Å². The first kappa shape index (κ1) is 8.44. The molecule has 3 heterocycles. The normalized spacial score (nSPS) is 30.4. The van der Waals surface area contributed by atoms with Crippen LogP contribution in [-0.2, 0) is 0 Å². The zero-order valence-corrected chi connectivity index (χ0v) is 8.56. The van der Waals surface area contributed by atoms with Gasteiger partial charge in [-0.1, -0.05) is 0 Å². The molecule has 14 heavy (non-hydrogen) atoms. The topological polar surface area (TPSA) is 41.1 Å². The van der Waals surface area contributed by atoms with Gasteiger partial charge in [0.2, 0.25) is 0 Å². The number of carbonyl (C=O) groups excluding carboxylic acids is 1. The molecule has 74 valence electrons. The number of hydrogen-bond donors (Lipinski definition) is 2. The summed E-state index contributed by atoms with van der Waals surface area (Å²) in [6.45, 7) is 2.87. The van der Waals surface area contributed by atoms with Gasteiger partial charge in [-0.2, -0.15) is 0 Å². The molecule has 1 aromatic rings. The van der Waals surface area contributed by atoms with Crippen LogP contribution in [0, 0.1) is 5.92 Å². The Balaban J connectivity index is 2.08. The van der Waals surface area contributed by atoms with Gasteiger partial charge in [0.15, 0.2) is 0 Å². The first-order valence-electron chi connectivity index (χ1n) is 4.92. The number of amides is 1. The van der Waals surface area contributed by atoms with Crippen LogP contribution >= 0.6 is 11.3 Å². The van der Waals surface area contributed by atoms with Gasteiger partial charge in [0.05, 0.1) is 5.56 Å². The molecule has 1 amide bonds. The predicted molar refractivity (Wildman–Crippen MR) is 55.8 cm³/mol. The lowest BCUT2D eigenvalue weighted by atomic mass is 9.94. The number of carbonyl (C=O) groups is 1. The van der Waals surface area contributed by atoms with Gasteiger partial charge in [-0.15, -0.1) is 11.3 Å². The summed E-state index contributed by atoms with van der Waals surface area (Å²) in [6, 6.07) is 1.94. The second kappa shape index (κ2) is 3.07. The average Bonchev–Trinajstić information content (AvgIpc) is 2.80. The first-order chi connectivity index (χ1) is 6.86. The smallest absolute Gasteiger partial charge is 0.252 e. The van der Waals surface area contributed by atoms with Crippen molar-refractivity contribution in [1.29, 1.82) is 0 Å². The van der Waals surface area contributed by atoms with E-state index in [1.165, 1.54) is 4.88 Å². The van der Waals surface area contributed by atoms with Gasteiger partial charge in [-0.25, -0.2) is 0 Å². The molecule has 0 spiro atoms. The molecule has 0 aromatic carbocycles. The second-order valence-corrected chi connectivity index (χ2v) is 4.88. The Bertz CT molecular complexity index is 374. The number of nitrogens with one attached hydrogen (secondary N) is 2. The Labute approximate surface area is 86.5 Å². The second-order valence-electron chi connectivity index (χ2n) is 3.93. The van der Waals surface area contributed by atoms with Crippen molar-refractivity contribution in [3.05, 3.63) is 21.9 Å². The molecule has 3 nitrogen and oxygen atoms in total. The highest BCUT2D eigenvalue weighted by molar-refractivity contribution is 7.10. The summed E-state index contributed by atoms with van der Waals surface area (Å²) >= 11 is 1.72. The largest absolute Gasteiger partial charge is 0.352 e. The van der Waals surface area contributed by atoms with Gasteiger partial charge in [-0.3, -0.25) is 4.79 Å². The van der Waals surface area contributed by atoms with Crippen molar-refractivity contribution < 1.29 is 4.79 Å². The number of thiophene rings is 1. The van der Waals surface area contributed by atoms with E-state index < -0.39 is 0 Å². The van der Waals surface area contributed by atoms with E-state index in [1.54, 1.807) is 11.3 Å². The van der Waals surface area contributed by atoms with Crippen molar-refractivity contribution in [2.24, 2.45) is 5.92 Å². The zero-order valence-electron chi connectivity index (χ0n) is 7.75. The van der Waals surface area contributed by atoms with E-state index in [9.17, 15) is 4.79 Å². The Morgan fingerprint density at radius 1 is 1.36 bits per heavy atom. The van der Waals surface area contributed by atoms with E-state index in [2.05, 4.69) is 10.6 Å². The lowest BCUT2D eigenvalue weighted by molar-refractivity contribution is 0.0952. The lowest BCUT2D eigenvalue weighted by Crippen LogP contribution is -2.28. The third kappa shape index (κ3) is 1.11. The van der Waals surface area contributed by atoms with Crippen LogP contribution in [0.3, 0.4) is 0 Å². The average molecular weight is 208 g/mol. The summed E-state index contributed by atoms with van der Waals surface area (Å²) in [7, 11) is 0. The zero-order chi connectivity index (χ0) is 9.54. The molecule has 2 atom stereocenters. The lowest BCUT2D eigenvalue weighted by Gasteiger charge is -2.13. The van der Waals surface area contributed by atoms with Gasteiger partial charge >= 0.3 is 0 Å². The Morgan fingerprint density at radius 2 is 2.29 bits per heavy atom. The maximum absolute atomic E-state index is 11.7. The van der Waals surface area contributed by atoms with E-state index in [0.717, 1.165) is 25.2 Å². The standard InChI is InChI=1S/C10H12N2OS/c13-10-7-1-2-14-9(7)8-5-11-3-6(8)4-12-10/h1-2,6,8,11H,3-5H2,(H,12,13)/t6-,8+/m1/s1. The minimum atomic E-state index is 0.107. The van der Waals surface area contributed by atoms with E-state index in [0.29, 0.717) is 11.8 Å². The van der Waals surface area contributed by atoms with Crippen LogP contribution in [-0.4, -0.2) is 25.5 Å². The van der Waals surface area contributed by atoms with Gasteiger partial charge in [0.25, 0.3) is 5.91 Å². The molecule has 0 bridgehead atoms. The fraction of sp³-hybridized carbons (Fsp3) is 0.500. The van der Waals surface area contributed by atoms with Crippen LogP contribution in [0.15, 0.2) is 11.4 Å². The molecule has 2 aliphatic rings. The minimum Gasteiger partial charge on any atom is -0.352 e. The highest BCUT2D eigenvalue weighted by atomic mass is 32.1. The SMILES string of the molecule is O=C1NC[C@H]2CNC[C@@H]2c2sccc21. The van der Waals surface area contributed by atoms with Gasteiger partial charge in [0.1, 0.15) is 0 Å². The van der Waals surface area contributed by atoms with Crippen molar-refractivity contribution in [2.75, 3.05) is 19.6 Å². The highest BCUT2D eigenvalue weighted by Gasteiger charge is 2.34. The van der Waals surface area contributed by atoms with Crippen LogP contribution in [0.4, 0.5) is 0 Å². The van der Waals surface area contributed by atoms with Crippen LogP contribution in [0.2, 0.25) is 0 Å². The van der Waals surface area contributed by atoms with Crippen molar-refractivity contribution >= 4 is 17.2 Å². The molecular weight excluding hydrogens is 196 g/mol. The summed E-state index contributed by atoms with van der Waals surface area (Å²) in [5, 5.41) is 8.40. The molecule has 1 saturated heterocycles. The van der Waals surface area contributed by atoms with Crippen LogP contribution in [0.1, 0.15) is 21.2 Å². The maximum atomic E-state index is 11.7. The Kier molecular flexibility index (Phi) is 1.85. The van der Waals surface area contributed by atoms with Crippen molar-refractivity contribution in [1.82, 2.24) is 10.6 Å². The Morgan fingerprint density at radius 3 is 3.21 bits per heavy atom. The third-order valence-electron chi connectivity index (χ3n) is 3.14. The molecule has 2 N–H and O–H groups in total. The monoisotopic (exact) mass is 208 g/mol. The van der Waals surface area contributed by atoms with Crippen molar-refractivity contribution in [3.8, 4) is 0 Å². The number of rotatable bonds is 0. The van der Waals surface area contributed by atoms with Gasteiger partial charge < -0.3 is 10.6 Å². The molecule has 0 aliphatic carbocycles. The summed E-state index contributed by atoms with van der Waals surface area (Å²) in [5.41, 5.74) is 0.895. The molecule has 4 heteroatoms. The number of fused-ring (bicyclic) bond motifs is 3. The van der Waals surface area contributed by atoms with Crippen LogP contribution < -0.4 is 10.6 Å². The molecule has 1 aromatic heterocycles. The predicted octanol–water partition coefficient (Wildman–Crippen LogP) is 0.794. The minimum absolute atomic E-state index is 0.107. The van der Waals surface area contributed by atoms with E-state index >= 15 is 0 Å². The van der Waals surface area contributed by atoms with Crippen LogP contribution in [0.5, 0.6) is 0 Å². The summed E-state index contributed by atoms with van der Waals surface area (Å²) in [6.07, 6.45) is 0. The molecule has 0 saturated carbocycles. The van der Waals surface area contributed by atoms with E-state index in [1.807, 2.05) is 11.4 Å². The van der Waals surface area contributed by atoms with Gasteiger partial charge in [-0.05, 0) is 17.4 Å². The summed E-state index contributed by atoms with van der Waals surface area (Å²) < 4.78 is 0. The fourth-order valence-corrected chi connectivity index (χ4v) is 3.46. The molecule has 0 radical (unpaired) electrons. The molecule has 3 rings (SSSR count). The quantitative estimate of drug-likeness (QED) is 0.662. The van der Waals surface area contributed by atoms with Crippen molar-refractivity contribution in [2.45, 2.75) is 5.92 Å². The van der Waals surface area contributed by atoms with Gasteiger partial charge in [0, 0.05) is 30.4 Å². The van der Waals surface area contributed by atoms with Crippen LogP contribution in [0.25, 0.3) is 0 Å². The fourth-order valence-electron chi connectivity index (χ4n) is 2.37. The molecule has 0 unspecified atom stereocenters. The molecule has 1 fully saturated rings.